The first-order chi connectivity index (χ1) is 9.32. The van der Waals surface area contributed by atoms with Gasteiger partial charge < -0.3 is 15.8 Å². The van der Waals surface area contributed by atoms with E-state index in [2.05, 4.69) is 30.8 Å². The third kappa shape index (κ3) is 3.01. The molecule has 1 fully saturated rings. The quantitative estimate of drug-likeness (QED) is 0.381. The number of nitrogens with two attached hydrogens (primary N) is 1. The first-order valence-electron chi connectivity index (χ1n) is 6.85. The van der Waals surface area contributed by atoms with E-state index in [1.165, 1.54) is 6.42 Å². The SMILES string of the molecule is CC(C)(C)C1CCN(c2ccc(/C(N)=N/O)cc2Cl)C1. The standard InChI is InChI=1S/C15H22ClN3O/c1-15(2,3)11-6-7-19(9-11)13-5-4-10(8-12(13)16)14(17)18-20/h4-5,8,11,20H,6-7,9H2,1-3H3,(H2,17,18). The highest BCUT2D eigenvalue weighted by Gasteiger charge is 2.32. The Balaban J connectivity index is 2.19. The average Bonchev–Trinajstić information content (AvgIpc) is 2.87. The lowest BCUT2D eigenvalue weighted by Crippen LogP contribution is -2.26. The normalized spacial score (nSPS) is 20.5. The van der Waals surface area contributed by atoms with E-state index in [0.29, 0.717) is 21.9 Å². The van der Waals surface area contributed by atoms with Crippen LogP contribution in [0.1, 0.15) is 32.8 Å². The summed E-state index contributed by atoms with van der Waals surface area (Å²) >= 11 is 6.34. The summed E-state index contributed by atoms with van der Waals surface area (Å²) in [6.45, 7) is 8.88. The summed E-state index contributed by atoms with van der Waals surface area (Å²) in [4.78, 5) is 2.31. The van der Waals surface area contributed by atoms with Gasteiger partial charge in [-0.2, -0.15) is 0 Å². The van der Waals surface area contributed by atoms with E-state index in [0.717, 1.165) is 18.8 Å². The van der Waals surface area contributed by atoms with Gasteiger partial charge in [-0.3, -0.25) is 0 Å². The van der Waals surface area contributed by atoms with Gasteiger partial charge in [-0.25, -0.2) is 0 Å². The Hall–Kier alpha value is -1.42. The molecule has 0 spiro atoms. The van der Waals surface area contributed by atoms with Crippen LogP contribution in [-0.2, 0) is 0 Å². The number of nitrogens with zero attached hydrogens (tertiary/aromatic N) is 2. The van der Waals surface area contributed by atoms with Gasteiger partial charge in [-0.15, -0.1) is 0 Å². The van der Waals surface area contributed by atoms with Crippen LogP contribution in [0.3, 0.4) is 0 Å². The van der Waals surface area contributed by atoms with Crippen molar-refractivity contribution in [2.24, 2.45) is 22.2 Å². The van der Waals surface area contributed by atoms with Crippen molar-refractivity contribution in [1.29, 1.82) is 0 Å². The summed E-state index contributed by atoms with van der Waals surface area (Å²) in [5.41, 5.74) is 7.54. The Bertz CT molecular complexity index is 522. The second-order valence-electron chi connectivity index (χ2n) is 6.45. The lowest BCUT2D eigenvalue weighted by Gasteiger charge is -2.27. The van der Waals surface area contributed by atoms with Crippen LogP contribution in [0.4, 0.5) is 5.69 Å². The Morgan fingerprint density at radius 2 is 2.15 bits per heavy atom. The topological polar surface area (TPSA) is 61.8 Å². The number of amidine groups is 1. The maximum Gasteiger partial charge on any atom is 0.170 e. The Labute approximate surface area is 125 Å². The van der Waals surface area contributed by atoms with Crippen LogP contribution in [0, 0.1) is 11.3 Å². The Kier molecular flexibility index (Phi) is 4.14. The highest BCUT2D eigenvalue weighted by molar-refractivity contribution is 6.33. The molecule has 1 aliphatic heterocycles. The molecule has 0 radical (unpaired) electrons. The minimum Gasteiger partial charge on any atom is -0.409 e. The molecular weight excluding hydrogens is 274 g/mol. The molecule has 110 valence electrons. The molecule has 1 atom stereocenters. The molecule has 0 aliphatic carbocycles. The Morgan fingerprint density at radius 1 is 1.45 bits per heavy atom. The Morgan fingerprint density at radius 3 is 2.65 bits per heavy atom. The monoisotopic (exact) mass is 295 g/mol. The first kappa shape index (κ1) is 15.0. The summed E-state index contributed by atoms with van der Waals surface area (Å²) in [6.07, 6.45) is 1.18. The van der Waals surface area contributed by atoms with Crippen LogP contribution in [0.15, 0.2) is 23.4 Å². The summed E-state index contributed by atoms with van der Waals surface area (Å²) in [5, 5.41) is 12.3. The fourth-order valence-electron chi connectivity index (χ4n) is 2.67. The highest BCUT2D eigenvalue weighted by Crippen LogP contribution is 2.37. The molecule has 0 bridgehead atoms. The van der Waals surface area contributed by atoms with Crippen LogP contribution in [0.5, 0.6) is 0 Å². The summed E-state index contributed by atoms with van der Waals surface area (Å²) in [6, 6.07) is 5.53. The summed E-state index contributed by atoms with van der Waals surface area (Å²) in [5.74, 6) is 0.745. The van der Waals surface area contributed by atoms with E-state index in [-0.39, 0.29) is 5.84 Å². The van der Waals surface area contributed by atoms with Crippen LogP contribution in [-0.4, -0.2) is 24.1 Å². The second-order valence-corrected chi connectivity index (χ2v) is 6.86. The van der Waals surface area contributed by atoms with Crippen molar-refractivity contribution < 1.29 is 5.21 Å². The van der Waals surface area contributed by atoms with E-state index in [1.54, 1.807) is 6.07 Å². The molecule has 2 rings (SSSR count). The molecule has 0 aromatic heterocycles. The number of rotatable bonds is 2. The second kappa shape index (κ2) is 5.52. The number of benzene rings is 1. The molecule has 1 saturated heterocycles. The van der Waals surface area contributed by atoms with Crippen molar-refractivity contribution in [3.8, 4) is 0 Å². The maximum atomic E-state index is 8.69. The lowest BCUT2D eigenvalue weighted by molar-refractivity contribution is 0.263. The van der Waals surface area contributed by atoms with E-state index in [9.17, 15) is 0 Å². The number of hydrogen-bond donors (Lipinski definition) is 2. The van der Waals surface area contributed by atoms with E-state index in [1.807, 2.05) is 12.1 Å². The molecule has 1 aromatic carbocycles. The fraction of sp³-hybridized carbons (Fsp3) is 0.533. The lowest BCUT2D eigenvalue weighted by atomic mass is 9.80. The van der Waals surface area contributed by atoms with Crippen LogP contribution in [0.25, 0.3) is 0 Å². The third-order valence-electron chi connectivity index (χ3n) is 4.10. The van der Waals surface area contributed by atoms with Gasteiger partial charge in [0.05, 0.1) is 10.7 Å². The minimum absolute atomic E-state index is 0.0763. The number of hydrogen-bond acceptors (Lipinski definition) is 3. The van der Waals surface area contributed by atoms with Crippen LogP contribution < -0.4 is 10.6 Å². The number of anilines is 1. The fourth-order valence-corrected chi connectivity index (χ4v) is 2.97. The van der Waals surface area contributed by atoms with Crippen molar-refractivity contribution in [1.82, 2.24) is 0 Å². The largest absolute Gasteiger partial charge is 0.409 e. The first-order valence-corrected chi connectivity index (χ1v) is 7.23. The van der Waals surface area contributed by atoms with Crippen molar-refractivity contribution in [3.05, 3.63) is 28.8 Å². The zero-order valence-corrected chi connectivity index (χ0v) is 13.0. The van der Waals surface area contributed by atoms with Crippen molar-refractivity contribution in [2.45, 2.75) is 27.2 Å². The van der Waals surface area contributed by atoms with Gasteiger partial charge in [0.25, 0.3) is 0 Å². The van der Waals surface area contributed by atoms with Crippen molar-refractivity contribution in [2.75, 3.05) is 18.0 Å². The van der Waals surface area contributed by atoms with Gasteiger partial charge in [-0.05, 0) is 36.0 Å². The zero-order chi connectivity index (χ0) is 14.9. The zero-order valence-electron chi connectivity index (χ0n) is 12.2. The van der Waals surface area contributed by atoms with E-state index >= 15 is 0 Å². The van der Waals surface area contributed by atoms with Gasteiger partial charge in [0, 0.05) is 18.7 Å². The van der Waals surface area contributed by atoms with Crippen molar-refractivity contribution in [3.63, 3.8) is 0 Å². The van der Waals surface area contributed by atoms with Gasteiger partial charge in [0.15, 0.2) is 5.84 Å². The molecule has 1 aliphatic rings. The predicted octanol–water partition coefficient (Wildman–Crippen LogP) is 3.31. The van der Waals surface area contributed by atoms with Gasteiger partial charge in [0.1, 0.15) is 0 Å². The highest BCUT2D eigenvalue weighted by atomic mass is 35.5. The molecule has 4 nitrogen and oxygen atoms in total. The molecule has 1 aromatic rings. The molecule has 1 heterocycles. The smallest absolute Gasteiger partial charge is 0.170 e. The summed E-state index contributed by atoms with van der Waals surface area (Å²) in [7, 11) is 0. The molecule has 0 saturated carbocycles. The van der Waals surface area contributed by atoms with Gasteiger partial charge in [0.2, 0.25) is 0 Å². The minimum atomic E-state index is 0.0763. The van der Waals surface area contributed by atoms with E-state index in [4.69, 9.17) is 22.5 Å². The van der Waals surface area contributed by atoms with Gasteiger partial charge >= 0.3 is 0 Å². The molecular formula is C15H22ClN3O. The molecule has 1 unspecified atom stereocenters. The average molecular weight is 296 g/mol. The summed E-state index contributed by atoms with van der Waals surface area (Å²) < 4.78 is 0. The number of oxime groups is 1. The third-order valence-corrected chi connectivity index (χ3v) is 4.41. The van der Waals surface area contributed by atoms with Gasteiger partial charge in [-0.1, -0.05) is 37.5 Å². The predicted molar refractivity (Wildman–Crippen MR) is 83.7 cm³/mol. The molecule has 20 heavy (non-hydrogen) atoms. The molecule has 3 N–H and O–H groups in total. The maximum absolute atomic E-state index is 8.69. The molecule has 0 amide bonds. The van der Waals surface area contributed by atoms with E-state index < -0.39 is 0 Å². The van der Waals surface area contributed by atoms with Crippen LogP contribution >= 0.6 is 11.6 Å². The molecule has 5 heteroatoms. The van der Waals surface area contributed by atoms with Crippen LogP contribution in [0.2, 0.25) is 5.02 Å². The van der Waals surface area contributed by atoms with Crippen molar-refractivity contribution >= 4 is 23.1 Å². The number of halogens is 1.